The highest BCUT2D eigenvalue weighted by Gasteiger charge is 2.67. The number of aromatic nitrogens is 1. The fourth-order valence-electron chi connectivity index (χ4n) is 8.34. The largest absolute Gasteiger partial charge is 0.416 e. The van der Waals surface area contributed by atoms with Crippen LogP contribution in [0.2, 0.25) is 0 Å². The van der Waals surface area contributed by atoms with Gasteiger partial charge in [0, 0.05) is 57.3 Å². The Morgan fingerprint density at radius 2 is 1.85 bits per heavy atom. The summed E-state index contributed by atoms with van der Waals surface area (Å²) in [5, 5.41) is 3.06. The zero-order chi connectivity index (χ0) is 33.2. The van der Waals surface area contributed by atoms with Crippen LogP contribution in [0.4, 0.5) is 30.4 Å². The molecule has 1 N–H and O–H groups in total. The maximum absolute atomic E-state index is 14.1. The molecule has 1 aromatic heterocycles. The van der Waals surface area contributed by atoms with E-state index in [-0.39, 0.29) is 40.6 Å². The number of nitrogens with zero attached hydrogens (tertiary/aromatic N) is 5. The molecule has 2 aromatic rings. The first-order valence-electron chi connectivity index (χ1n) is 15.7. The minimum Gasteiger partial charge on any atom is -0.369 e. The number of rotatable bonds is 8. The van der Waals surface area contributed by atoms with Crippen molar-refractivity contribution in [2.24, 2.45) is 16.7 Å². The number of nitrogens with one attached hydrogen (secondary N) is 1. The number of aryl methyl sites for hydroxylation is 2. The van der Waals surface area contributed by atoms with Crippen LogP contribution in [-0.4, -0.2) is 81.0 Å². The normalized spacial score (nSPS) is 27.3. The van der Waals surface area contributed by atoms with E-state index < -0.39 is 29.6 Å². The Labute approximate surface area is 267 Å². The number of amides is 3. The Morgan fingerprint density at radius 1 is 1.13 bits per heavy atom. The third kappa shape index (κ3) is 5.76. The Kier molecular flexibility index (Phi) is 7.93. The predicted octanol–water partition coefficient (Wildman–Crippen LogP) is 4.33. The molecule has 0 radical (unpaired) electrons. The molecule has 12 heteroatoms. The molecular formula is C34H41F3N6O3. The fourth-order valence-corrected chi connectivity index (χ4v) is 8.34. The van der Waals surface area contributed by atoms with Crippen LogP contribution in [0.15, 0.2) is 42.5 Å². The van der Waals surface area contributed by atoms with Crippen molar-refractivity contribution >= 4 is 34.9 Å². The molecule has 2 aliphatic heterocycles. The van der Waals surface area contributed by atoms with Gasteiger partial charge in [0.25, 0.3) is 0 Å². The lowest BCUT2D eigenvalue weighted by Gasteiger charge is -2.72. The minimum absolute atomic E-state index is 0.0310. The molecule has 1 aromatic carbocycles. The molecule has 2 atom stereocenters. The first-order chi connectivity index (χ1) is 21.6. The van der Waals surface area contributed by atoms with Gasteiger partial charge in [0.2, 0.25) is 17.7 Å². The van der Waals surface area contributed by atoms with Gasteiger partial charge in [-0.25, -0.2) is 4.98 Å². The summed E-state index contributed by atoms with van der Waals surface area (Å²) in [7, 11) is 5.56. The van der Waals surface area contributed by atoms with Crippen LogP contribution in [0.3, 0.4) is 0 Å². The molecule has 246 valence electrons. The van der Waals surface area contributed by atoms with E-state index in [0.29, 0.717) is 25.3 Å². The summed E-state index contributed by atoms with van der Waals surface area (Å²) in [4.78, 5) is 51.3. The van der Waals surface area contributed by atoms with Crippen molar-refractivity contribution in [3.8, 4) is 0 Å². The molecule has 4 fully saturated rings. The highest BCUT2D eigenvalue weighted by atomic mass is 19.4. The molecule has 46 heavy (non-hydrogen) atoms. The summed E-state index contributed by atoms with van der Waals surface area (Å²) in [5.74, 6) is -1.44. The number of benzene rings is 1. The van der Waals surface area contributed by atoms with Gasteiger partial charge in [-0.2, -0.15) is 13.2 Å². The van der Waals surface area contributed by atoms with Crippen LogP contribution in [0, 0.1) is 30.6 Å². The number of carbonyl (C=O) groups excluding carboxylic acids is 3. The predicted molar refractivity (Wildman–Crippen MR) is 170 cm³/mol. The van der Waals surface area contributed by atoms with Crippen LogP contribution >= 0.6 is 0 Å². The molecule has 9 nitrogen and oxygen atoms in total. The second kappa shape index (κ2) is 11.4. The summed E-state index contributed by atoms with van der Waals surface area (Å²) < 4.78 is 41.2. The quantitative estimate of drug-likeness (QED) is 0.434. The Bertz CT molecular complexity index is 1590. The Morgan fingerprint density at radius 3 is 2.52 bits per heavy atom. The van der Waals surface area contributed by atoms with Gasteiger partial charge in [-0.1, -0.05) is 18.2 Å². The van der Waals surface area contributed by atoms with E-state index in [0.717, 1.165) is 49.2 Å². The van der Waals surface area contributed by atoms with E-state index in [4.69, 9.17) is 0 Å². The van der Waals surface area contributed by atoms with Gasteiger partial charge in [-0.15, -0.1) is 0 Å². The van der Waals surface area contributed by atoms with E-state index in [2.05, 4.69) is 15.2 Å². The van der Waals surface area contributed by atoms with Crippen LogP contribution in [0.25, 0.3) is 0 Å². The molecule has 7 rings (SSSR count). The first-order valence-corrected chi connectivity index (χ1v) is 15.7. The number of alkyl halides is 3. The lowest BCUT2D eigenvalue weighted by Crippen LogP contribution is -2.69. The van der Waals surface area contributed by atoms with Gasteiger partial charge in [0.1, 0.15) is 11.9 Å². The average Bonchev–Trinajstić information content (AvgIpc) is 3.25. The van der Waals surface area contributed by atoms with Crippen LogP contribution in [0.5, 0.6) is 0 Å². The monoisotopic (exact) mass is 638 g/mol. The number of anilines is 3. The van der Waals surface area contributed by atoms with Crippen LogP contribution in [-0.2, 0) is 20.6 Å². The topological polar surface area (TPSA) is 89.1 Å². The average molecular weight is 639 g/mol. The number of pyridine rings is 1. The lowest BCUT2D eigenvalue weighted by molar-refractivity contribution is -0.193. The third-order valence-electron chi connectivity index (χ3n) is 10.0. The van der Waals surface area contributed by atoms with Crippen molar-refractivity contribution in [1.29, 1.82) is 0 Å². The summed E-state index contributed by atoms with van der Waals surface area (Å²) >= 11 is 0. The van der Waals surface area contributed by atoms with Gasteiger partial charge >= 0.3 is 6.18 Å². The standard InChI is InChI=1S/C34H41F3N6O3/c1-21-8-6-9-25-29(21)42(20-33-16-32(17-33,18-33)19-38-27(44)10-7-11-40(3)4)15-23-13-28(45)43(30(23)31(46)41(25)5)26-14-24(34(35,36)37)12-22(2)39-26/h6-10,12,14,23,30H,11,13,15-20H2,1-5H3,(H,38,44)/b10-7+/t23-,30+,32?,33?/m1/s1. The fraction of sp³-hybridized carbons (Fsp3) is 0.529. The maximum Gasteiger partial charge on any atom is 0.416 e. The van der Waals surface area contributed by atoms with E-state index in [1.807, 2.05) is 50.2 Å². The number of hydrogen-bond acceptors (Lipinski definition) is 6. The first kappa shape index (κ1) is 32.0. The van der Waals surface area contributed by atoms with E-state index >= 15 is 0 Å². The van der Waals surface area contributed by atoms with Gasteiger partial charge in [0.05, 0.1) is 16.9 Å². The van der Waals surface area contributed by atoms with Crippen LogP contribution < -0.4 is 20.0 Å². The van der Waals surface area contributed by atoms with Crippen molar-refractivity contribution in [1.82, 2.24) is 15.2 Å². The summed E-state index contributed by atoms with van der Waals surface area (Å²) in [6.45, 7) is 5.92. The summed E-state index contributed by atoms with van der Waals surface area (Å²) in [5.41, 5.74) is 2.01. The molecule has 2 bridgehead atoms. The number of fused-ring (bicyclic) bond motifs is 2. The van der Waals surface area contributed by atoms with Crippen molar-refractivity contribution in [3.63, 3.8) is 0 Å². The Balaban J connectivity index is 1.24. The molecule has 3 amide bonds. The number of carbonyl (C=O) groups is 3. The Hall–Kier alpha value is -3.93. The van der Waals surface area contributed by atoms with Gasteiger partial charge < -0.3 is 20.0 Å². The molecule has 0 spiro atoms. The molecule has 3 saturated carbocycles. The molecule has 3 heterocycles. The smallest absolute Gasteiger partial charge is 0.369 e. The van der Waals surface area contributed by atoms with Gasteiger partial charge in [-0.05, 0) is 81.8 Å². The van der Waals surface area contributed by atoms with Gasteiger partial charge in [0.15, 0.2) is 0 Å². The highest BCUT2D eigenvalue weighted by molar-refractivity contribution is 6.10. The minimum atomic E-state index is -4.62. The molecule has 5 aliphatic rings. The number of hydrogen-bond donors (Lipinski definition) is 1. The molecule has 3 aliphatic carbocycles. The van der Waals surface area contributed by atoms with Crippen LogP contribution in [0.1, 0.15) is 42.5 Å². The van der Waals surface area contributed by atoms with E-state index in [1.165, 1.54) is 11.8 Å². The van der Waals surface area contributed by atoms with Crippen molar-refractivity contribution in [2.45, 2.75) is 51.7 Å². The van der Waals surface area contributed by atoms with Crippen molar-refractivity contribution in [2.75, 3.05) is 62.0 Å². The molecule has 0 unspecified atom stereocenters. The SMILES string of the molecule is Cc1cc(C(F)(F)F)cc(N2C(=O)C[C@@H]3CN(CC45CC(CNC(=O)/C=C/CN(C)C)(C4)C5)c4c(C)cccc4N(C)C(=O)[C@H]32)n1. The third-order valence-corrected chi connectivity index (χ3v) is 10.0. The van der Waals surface area contributed by atoms with Crippen molar-refractivity contribution in [3.05, 3.63) is 59.3 Å². The summed E-state index contributed by atoms with van der Waals surface area (Å²) in [6.07, 6.45) is 1.75. The zero-order valence-electron chi connectivity index (χ0n) is 26.9. The lowest BCUT2D eigenvalue weighted by atomic mass is 9.35. The zero-order valence-corrected chi connectivity index (χ0v) is 26.9. The summed E-state index contributed by atoms with van der Waals surface area (Å²) in [6, 6.07) is 6.60. The molecular weight excluding hydrogens is 597 g/mol. The number of para-hydroxylation sites is 1. The van der Waals surface area contributed by atoms with Gasteiger partial charge in [-0.3, -0.25) is 19.3 Å². The second-order valence-corrected chi connectivity index (χ2v) is 14.2. The number of likely N-dealkylation sites (N-methyl/N-ethyl adjacent to an activating group) is 2. The van der Waals surface area contributed by atoms with Crippen molar-refractivity contribution < 1.29 is 27.6 Å². The number of halogens is 3. The highest BCUT2D eigenvalue weighted by Crippen LogP contribution is 2.73. The maximum atomic E-state index is 14.1. The van der Waals surface area contributed by atoms with E-state index in [9.17, 15) is 27.6 Å². The second-order valence-electron chi connectivity index (χ2n) is 14.2. The molecule has 1 saturated heterocycles. The van der Waals surface area contributed by atoms with E-state index in [1.54, 1.807) is 18.0 Å².